The maximum absolute atomic E-state index is 14.3. The number of carbonyl (C=O) groups excluding carboxylic acids is 3. The highest BCUT2D eigenvalue weighted by Gasteiger charge is 2.63. The second kappa shape index (κ2) is 20.6. The van der Waals surface area contributed by atoms with Crippen LogP contribution in [0.4, 0.5) is 0 Å². The highest BCUT2D eigenvalue weighted by molar-refractivity contribution is 6.99. The van der Waals surface area contributed by atoms with E-state index in [0.29, 0.717) is 49.5 Å². The Morgan fingerprint density at radius 3 is 1.86 bits per heavy atom. The fourth-order valence-electron chi connectivity index (χ4n) is 14.0. The van der Waals surface area contributed by atoms with Gasteiger partial charge in [0.05, 0.1) is 30.9 Å². The van der Waals surface area contributed by atoms with Gasteiger partial charge in [0.1, 0.15) is 17.8 Å². The molecular weight excluding hydrogens is 917 g/mol. The van der Waals surface area contributed by atoms with E-state index < -0.39 is 37.2 Å². The van der Waals surface area contributed by atoms with Crippen molar-refractivity contribution in [2.45, 2.75) is 142 Å². The van der Waals surface area contributed by atoms with Crippen molar-refractivity contribution in [3.05, 3.63) is 156 Å². The number of hydrogen-bond acceptors (Lipinski definition) is 9. The molecule has 9 nitrogen and oxygen atoms in total. The zero-order valence-electron chi connectivity index (χ0n) is 43.8. The minimum absolute atomic E-state index is 0.0114. The predicted molar refractivity (Wildman–Crippen MR) is 283 cm³/mol. The highest BCUT2D eigenvalue weighted by Crippen LogP contribution is 2.67. The molecule has 3 saturated carbocycles. The van der Waals surface area contributed by atoms with Crippen molar-refractivity contribution in [2.75, 3.05) is 19.8 Å². The molecule has 4 fully saturated rings. The summed E-state index contributed by atoms with van der Waals surface area (Å²) in [6.07, 6.45) is 11.1. The molecule has 4 aromatic rings. The van der Waals surface area contributed by atoms with Crippen molar-refractivity contribution >= 4 is 36.6 Å². The lowest BCUT2D eigenvalue weighted by Gasteiger charge is -2.61. The Kier molecular flexibility index (Phi) is 14.8. The van der Waals surface area contributed by atoms with Crippen LogP contribution in [-0.2, 0) is 32.9 Å². The lowest BCUT2D eigenvalue weighted by atomic mass is 9.45. The van der Waals surface area contributed by atoms with Crippen LogP contribution in [0.25, 0.3) is 0 Å². The smallest absolute Gasteiger partial charge is 0.338 e. The number of carbonyl (C=O) groups is 3. The summed E-state index contributed by atoms with van der Waals surface area (Å²) >= 11 is 0. The van der Waals surface area contributed by atoms with Crippen molar-refractivity contribution in [3.8, 4) is 0 Å². The zero-order chi connectivity index (χ0) is 50.9. The summed E-state index contributed by atoms with van der Waals surface area (Å²) in [7, 11) is -3.07. The van der Waals surface area contributed by atoms with Gasteiger partial charge in [-0.05, 0) is 134 Å². The first-order valence-electron chi connectivity index (χ1n) is 26.6. The molecule has 4 aliphatic carbocycles. The molecule has 382 valence electrons. The van der Waals surface area contributed by atoms with E-state index in [1.165, 1.54) is 12.5 Å². The van der Waals surface area contributed by atoms with Crippen molar-refractivity contribution < 1.29 is 42.5 Å². The van der Waals surface area contributed by atoms with Crippen molar-refractivity contribution in [2.24, 2.45) is 34.5 Å². The average molecular weight is 993 g/mol. The Bertz CT molecular complexity index is 2560. The molecular formula is C62H76O9Si. The Morgan fingerprint density at radius 2 is 1.29 bits per heavy atom. The number of allylic oxidation sites excluding steroid dienone is 2. The molecule has 0 bridgehead atoms. The standard InChI is InChI=1S/C62H76O9Si/c1-43(52-32-33-53-51-31-30-47-40-48(69-44(2)63)34-35-60(47,7)54(51)41-55(61(52,53)8)70-56(64)45-22-13-9-14-23-45)62(66-38-21-39-67-62)37-36-59(6,71-57(65)46-24-15-10-16-25-46)42-68-72(58(3,4)5,49-26-17-11-18-27-49)50-28-19-12-20-29-50/h9-20,22-29,32-33,43,47-48,51,54-55H,21,30-31,34-42H2,1-8H3/t43-,47-,48-,51-,54-,55+,59-,60-,61+/m0/s1. The minimum Gasteiger partial charge on any atom is -0.463 e. The Morgan fingerprint density at radius 1 is 0.722 bits per heavy atom. The molecule has 10 heteroatoms. The number of rotatable bonds is 15. The van der Waals surface area contributed by atoms with Crippen LogP contribution in [0, 0.1) is 34.5 Å². The van der Waals surface area contributed by atoms with Gasteiger partial charge in [0, 0.05) is 24.7 Å². The molecule has 0 unspecified atom stereocenters. The van der Waals surface area contributed by atoms with Crippen LogP contribution in [0.15, 0.2) is 145 Å². The monoisotopic (exact) mass is 993 g/mol. The van der Waals surface area contributed by atoms with Gasteiger partial charge in [-0.25, -0.2) is 9.59 Å². The maximum Gasteiger partial charge on any atom is 0.338 e. The number of benzene rings is 4. The predicted octanol–water partition coefficient (Wildman–Crippen LogP) is 12.0. The number of fused-ring (bicyclic) bond motifs is 5. The molecule has 0 amide bonds. The van der Waals surface area contributed by atoms with Gasteiger partial charge in [0.2, 0.25) is 0 Å². The lowest BCUT2D eigenvalue weighted by Crippen LogP contribution is -2.67. The van der Waals surface area contributed by atoms with E-state index in [9.17, 15) is 14.4 Å². The Balaban J connectivity index is 1.05. The van der Waals surface area contributed by atoms with Crippen molar-refractivity contribution in [1.82, 2.24) is 0 Å². The Hall–Kier alpha value is -5.13. The van der Waals surface area contributed by atoms with Crippen LogP contribution >= 0.6 is 0 Å². The molecule has 0 aromatic heterocycles. The molecule has 1 saturated heterocycles. The topological polar surface area (TPSA) is 107 Å². The first kappa shape index (κ1) is 51.8. The van der Waals surface area contributed by atoms with E-state index in [2.05, 4.69) is 102 Å². The van der Waals surface area contributed by atoms with Crippen LogP contribution in [0.2, 0.25) is 5.04 Å². The summed E-state index contributed by atoms with van der Waals surface area (Å²) in [6.45, 7) is 18.4. The van der Waals surface area contributed by atoms with Gasteiger partial charge in [-0.15, -0.1) is 0 Å². The molecule has 1 heterocycles. The fraction of sp³-hybridized carbons (Fsp3) is 0.500. The summed E-state index contributed by atoms with van der Waals surface area (Å²) in [5.74, 6) is -1.38. The third-order valence-corrected chi connectivity index (χ3v) is 22.8. The SMILES string of the molecule is CC(=O)O[C@H]1CC[C@@]2(C)[C@@H](CC[C@H]3C4=CC=C([C@H](C)C5(CC[C@@](C)(CO[Si](c6ccccc6)(c6ccccc6)C(C)(C)C)OC(=O)c6ccccc6)OCCCO5)[C@@]4(C)[C@H](OC(=O)c4ccccc4)C[C@@H]32)C1. The van der Waals surface area contributed by atoms with Crippen LogP contribution in [-0.4, -0.2) is 69.6 Å². The molecule has 4 aromatic carbocycles. The summed E-state index contributed by atoms with van der Waals surface area (Å²) in [4.78, 5) is 40.7. The van der Waals surface area contributed by atoms with Gasteiger partial charge < -0.3 is 28.1 Å². The van der Waals surface area contributed by atoms with Crippen molar-refractivity contribution in [1.29, 1.82) is 0 Å². The molecule has 0 radical (unpaired) electrons. The molecule has 9 rings (SSSR count). The number of ether oxygens (including phenoxy) is 5. The number of esters is 3. The maximum atomic E-state index is 14.3. The largest absolute Gasteiger partial charge is 0.463 e. The van der Waals surface area contributed by atoms with E-state index in [4.69, 9.17) is 28.1 Å². The molecule has 0 spiro atoms. The summed E-state index contributed by atoms with van der Waals surface area (Å²) in [5.41, 5.74) is 1.67. The third-order valence-electron chi connectivity index (χ3n) is 17.9. The molecule has 72 heavy (non-hydrogen) atoms. The van der Waals surface area contributed by atoms with Gasteiger partial charge >= 0.3 is 17.9 Å². The third kappa shape index (κ3) is 9.73. The normalized spacial score (nSPS) is 28.1. The van der Waals surface area contributed by atoms with E-state index in [1.54, 1.807) is 12.1 Å². The van der Waals surface area contributed by atoms with Crippen molar-refractivity contribution in [3.63, 3.8) is 0 Å². The average Bonchev–Trinajstić information content (AvgIpc) is 3.75. The highest BCUT2D eigenvalue weighted by atomic mass is 28.4. The van der Waals surface area contributed by atoms with Crippen LogP contribution in [0.1, 0.15) is 134 Å². The first-order chi connectivity index (χ1) is 34.4. The van der Waals surface area contributed by atoms with E-state index >= 15 is 0 Å². The zero-order valence-corrected chi connectivity index (χ0v) is 44.8. The van der Waals surface area contributed by atoms with Crippen LogP contribution in [0.3, 0.4) is 0 Å². The van der Waals surface area contributed by atoms with Crippen LogP contribution in [0.5, 0.6) is 0 Å². The fourth-order valence-corrected chi connectivity index (χ4v) is 18.7. The van der Waals surface area contributed by atoms with Gasteiger partial charge in [0.25, 0.3) is 8.32 Å². The molecule has 1 aliphatic heterocycles. The summed E-state index contributed by atoms with van der Waals surface area (Å²) < 4.78 is 41.0. The molecule has 0 N–H and O–H groups in total. The minimum atomic E-state index is -3.07. The molecule has 5 aliphatic rings. The second-order valence-corrected chi connectivity index (χ2v) is 27.5. The first-order valence-corrected chi connectivity index (χ1v) is 28.5. The van der Waals surface area contributed by atoms with Gasteiger partial charge in [-0.3, -0.25) is 4.79 Å². The summed E-state index contributed by atoms with van der Waals surface area (Å²) in [6, 6.07) is 39.6. The lowest BCUT2D eigenvalue weighted by molar-refractivity contribution is -0.294. The quantitative estimate of drug-likeness (QED) is 0.0654. The van der Waals surface area contributed by atoms with E-state index in [0.717, 1.165) is 54.5 Å². The Labute approximate surface area is 429 Å². The number of hydrogen-bond donors (Lipinski definition) is 0. The van der Waals surface area contributed by atoms with Gasteiger partial charge in [0.15, 0.2) is 5.79 Å². The van der Waals surface area contributed by atoms with E-state index in [-0.39, 0.29) is 52.9 Å². The second-order valence-electron chi connectivity index (χ2n) is 23.2. The van der Waals surface area contributed by atoms with E-state index in [1.807, 2.05) is 67.6 Å². The molecule has 9 atom stereocenters. The summed E-state index contributed by atoms with van der Waals surface area (Å²) in [5, 5.41) is 1.98. The van der Waals surface area contributed by atoms with Gasteiger partial charge in [-0.1, -0.05) is 149 Å². The van der Waals surface area contributed by atoms with Crippen LogP contribution < -0.4 is 10.4 Å². The van der Waals surface area contributed by atoms with Gasteiger partial charge in [-0.2, -0.15) is 0 Å².